The van der Waals surface area contributed by atoms with Gasteiger partial charge in [-0.1, -0.05) is 24.3 Å². The maximum atomic E-state index is 12.9. The average molecular weight is 310 g/mol. The molecule has 1 aliphatic heterocycles. The van der Waals surface area contributed by atoms with Crippen molar-refractivity contribution in [2.24, 2.45) is 40.6 Å². The van der Waals surface area contributed by atoms with Gasteiger partial charge in [-0.05, 0) is 47.8 Å². The summed E-state index contributed by atoms with van der Waals surface area (Å²) in [7, 11) is 0. The number of nitrogens with zero attached hydrogens (tertiary/aromatic N) is 2. The van der Waals surface area contributed by atoms with Crippen molar-refractivity contribution in [1.29, 1.82) is 0 Å². The van der Waals surface area contributed by atoms with Crippen LogP contribution in [0.15, 0.2) is 41.5 Å². The van der Waals surface area contributed by atoms with Gasteiger partial charge in [0.05, 0.1) is 18.1 Å². The Balaban J connectivity index is 1.44. The second kappa shape index (κ2) is 4.37. The number of halogens is 1. The smallest absolute Gasteiger partial charge is 0.254 e. The van der Waals surface area contributed by atoms with Gasteiger partial charge in [-0.15, -0.1) is 0 Å². The van der Waals surface area contributed by atoms with Gasteiger partial charge in [0, 0.05) is 0 Å². The Morgan fingerprint density at radius 3 is 2.13 bits per heavy atom. The fourth-order valence-electron chi connectivity index (χ4n) is 4.73. The molecule has 116 valence electrons. The van der Waals surface area contributed by atoms with E-state index in [1.54, 1.807) is 12.1 Å². The second-order valence-electron chi connectivity index (χ2n) is 6.94. The number of hydrazone groups is 1. The Kier molecular flexibility index (Phi) is 2.50. The van der Waals surface area contributed by atoms with Crippen LogP contribution >= 0.6 is 0 Å². The monoisotopic (exact) mass is 310 g/mol. The largest absolute Gasteiger partial charge is 0.272 e. The number of hydrogen-bond donors (Lipinski definition) is 0. The molecule has 23 heavy (non-hydrogen) atoms. The minimum Gasteiger partial charge on any atom is -0.272 e. The normalized spacial score (nSPS) is 40.0. The molecule has 4 aliphatic carbocycles. The van der Waals surface area contributed by atoms with Crippen molar-refractivity contribution in [3.05, 3.63) is 47.8 Å². The molecule has 0 spiro atoms. The second-order valence-corrected chi connectivity index (χ2v) is 6.94. The van der Waals surface area contributed by atoms with Crippen LogP contribution in [0, 0.1) is 41.3 Å². The number of allylic oxidation sites excluding steroid dienone is 2. The first-order valence-corrected chi connectivity index (χ1v) is 8.01. The summed E-state index contributed by atoms with van der Waals surface area (Å²) >= 11 is 0. The number of amides is 2. The van der Waals surface area contributed by atoms with Crippen LogP contribution in [0.1, 0.15) is 12.0 Å². The van der Waals surface area contributed by atoms with Crippen molar-refractivity contribution in [2.75, 3.05) is 0 Å². The number of carbonyl (C=O) groups excluding carboxylic acids is 2. The Morgan fingerprint density at radius 2 is 1.57 bits per heavy atom. The van der Waals surface area contributed by atoms with E-state index in [1.807, 2.05) is 0 Å². The number of carbonyl (C=O) groups is 2. The van der Waals surface area contributed by atoms with Crippen LogP contribution in [0.2, 0.25) is 0 Å². The average Bonchev–Trinajstić information content (AvgIpc) is 3.33. The summed E-state index contributed by atoms with van der Waals surface area (Å²) in [5, 5.41) is 5.14. The lowest BCUT2D eigenvalue weighted by atomic mass is 9.63. The molecule has 1 saturated heterocycles. The van der Waals surface area contributed by atoms with Gasteiger partial charge in [-0.3, -0.25) is 9.59 Å². The van der Waals surface area contributed by atoms with E-state index in [4.69, 9.17) is 0 Å². The molecule has 1 aromatic carbocycles. The van der Waals surface area contributed by atoms with Crippen molar-refractivity contribution < 1.29 is 14.0 Å². The molecule has 0 unspecified atom stereocenters. The van der Waals surface area contributed by atoms with Gasteiger partial charge in [0.1, 0.15) is 5.82 Å². The van der Waals surface area contributed by atoms with E-state index in [1.165, 1.54) is 18.3 Å². The van der Waals surface area contributed by atoms with Gasteiger partial charge in [0.2, 0.25) is 0 Å². The van der Waals surface area contributed by atoms with Gasteiger partial charge >= 0.3 is 0 Å². The summed E-state index contributed by atoms with van der Waals surface area (Å²) in [4.78, 5) is 25.4. The minimum atomic E-state index is -0.330. The third kappa shape index (κ3) is 1.73. The van der Waals surface area contributed by atoms with Crippen LogP contribution in [-0.2, 0) is 9.59 Å². The Bertz CT molecular complexity index is 734. The van der Waals surface area contributed by atoms with Gasteiger partial charge in [0.15, 0.2) is 0 Å². The summed E-state index contributed by atoms with van der Waals surface area (Å²) < 4.78 is 12.9. The highest BCUT2D eigenvalue weighted by molar-refractivity contribution is 6.06. The SMILES string of the molecule is O=C1[C@@H]2[C@H]3C=C[C@@H]([C@@H]4C[C@H]34)[C@H]2C(=O)N1N=Cc1ccc(F)cc1. The predicted octanol–water partition coefficient (Wildman–Crippen LogP) is 2.21. The molecule has 2 saturated carbocycles. The molecule has 3 fully saturated rings. The quantitative estimate of drug-likeness (QED) is 0.478. The molecule has 6 rings (SSSR count). The van der Waals surface area contributed by atoms with E-state index in [2.05, 4.69) is 17.3 Å². The molecular formula is C18H15FN2O2. The number of imide groups is 1. The number of benzene rings is 1. The van der Waals surface area contributed by atoms with E-state index < -0.39 is 0 Å². The van der Waals surface area contributed by atoms with Gasteiger partial charge in [-0.2, -0.15) is 10.1 Å². The van der Waals surface area contributed by atoms with Gasteiger partial charge < -0.3 is 0 Å². The minimum absolute atomic E-state index is 0.178. The van der Waals surface area contributed by atoms with E-state index in [0.717, 1.165) is 11.4 Å². The van der Waals surface area contributed by atoms with Crippen LogP contribution in [-0.4, -0.2) is 23.0 Å². The molecule has 2 bridgehead atoms. The fraction of sp³-hybridized carbons (Fsp3) is 0.389. The zero-order chi connectivity index (χ0) is 15.7. The third-order valence-electron chi connectivity index (χ3n) is 5.83. The van der Waals surface area contributed by atoms with Crippen molar-refractivity contribution in [2.45, 2.75) is 6.42 Å². The molecule has 1 aromatic rings. The molecule has 2 amide bonds. The lowest BCUT2D eigenvalue weighted by Gasteiger charge is -2.37. The number of hydrogen-bond acceptors (Lipinski definition) is 3. The number of rotatable bonds is 2. The van der Waals surface area contributed by atoms with Crippen LogP contribution in [0.4, 0.5) is 4.39 Å². The highest BCUT2D eigenvalue weighted by atomic mass is 19.1. The Hall–Kier alpha value is -2.30. The molecule has 0 N–H and O–H groups in total. The summed E-state index contributed by atoms with van der Waals surface area (Å²) in [6, 6.07) is 5.79. The summed E-state index contributed by atoms with van der Waals surface area (Å²) in [5.74, 6) is 0.440. The first-order valence-electron chi connectivity index (χ1n) is 8.01. The van der Waals surface area contributed by atoms with Crippen molar-refractivity contribution in [3.63, 3.8) is 0 Å². The van der Waals surface area contributed by atoms with Crippen molar-refractivity contribution >= 4 is 18.0 Å². The summed E-state index contributed by atoms with van der Waals surface area (Å²) in [5.41, 5.74) is 0.658. The van der Waals surface area contributed by atoms with Crippen LogP contribution in [0.5, 0.6) is 0 Å². The maximum absolute atomic E-state index is 12.9. The Morgan fingerprint density at radius 1 is 1.00 bits per heavy atom. The standard InChI is InChI=1S/C18H15FN2O2/c19-10-3-1-9(2-4-10)8-20-21-17(22)15-11-5-6-12(14-7-13(11)14)16(15)18(21)23/h1-6,8,11-16H,7H2/t11-,12-,13-,14+,15+,16+/m0/s1. The third-order valence-corrected chi connectivity index (χ3v) is 5.83. The predicted molar refractivity (Wildman–Crippen MR) is 80.5 cm³/mol. The van der Waals surface area contributed by atoms with Gasteiger partial charge in [0.25, 0.3) is 11.8 Å². The lowest BCUT2D eigenvalue weighted by molar-refractivity contribution is -0.140. The lowest BCUT2D eigenvalue weighted by Crippen LogP contribution is -2.40. The Labute approximate surface area is 132 Å². The van der Waals surface area contributed by atoms with E-state index in [9.17, 15) is 14.0 Å². The van der Waals surface area contributed by atoms with E-state index in [-0.39, 0.29) is 41.3 Å². The van der Waals surface area contributed by atoms with Gasteiger partial charge in [-0.25, -0.2) is 4.39 Å². The van der Waals surface area contributed by atoms with Crippen LogP contribution in [0.3, 0.4) is 0 Å². The first-order chi connectivity index (χ1) is 11.1. The van der Waals surface area contributed by atoms with Crippen molar-refractivity contribution in [3.8, 4) is 0 Å². The highest BCUT2D eigenvalue weighted by Gasteiger charge is 2.67. The molecule has 0 radical (unpaired) electrons. The molecule has 1 heterocycles. The first kappa shape index (κ1) is 13.2. The zero-order valence-electron chi connectivity index (χ0n) is 12.3. The van der Waals surface area contributed by atoms with Crippen LogP contribution < -0.4 is 0 Å². The summed E-state index contributed by atoms with van der Waals surface area (Å²) in [6.45, 7) is 0. The highest BCUT2D eigenvalue weighted by Crippen LogP contribution is 2.65. The summed E-state index contributed by atoms with van der Waals surface area (Å²) in [6.07, 6.45) is 6.87. The zero-order valence-corrected chi connectivity index (χ0v) is 12.3. The van der Waals surface area contributed by atoms with E-state index >= 15 is 0 Å². The molecule has 5 aliphatic rings. The van der Waals surface area contributed by atoms with Crippen molar-refractivity contribution in [1.82, 2.24) is 5.01 Å². The maximum Gasteiger partial charge on any atom is 0.254 e. The van der Waals surface area contributed by atoms with E-state index in [0.29, 0.717) is 17.4 Å². The molecule has 6 atom stereocenters. The topological polar surface area (TPSA) is 49.7 Å². The molecule has 4 nitrogen and oxygen atoms in total. The van der Waals surface area contributed by atoms with Crippen LogP contribution in [0.25, 0.3) is 0 Å². The molecule has 5 heteroatoms. The molecule has 0 aromatic heterocycles. The molecular weight excluding hydrogens is 295 g/mol. The fourth-order valence-corrected chi connectivity index (χ4v) is 4.73.